The number of methoxy groups -OCH3 is 2. The fraction of sp³-hybridized carbons (Fsp3) is 0.529. The number of rotatable bonds is 8. The van der Waals surface area contributed by atoms with Crippen LogP contribution < -0.4 is 9.47 Å². The van der Waals surface area contributed by atoms with Gasteiger partial charge in [-0.25, -0.2) is 4.98 Å². The second-order valence-electron chi connectivity index (χ2n) is 5.94. The summed E-state index contributed by atoms with van der Waals surface area (Å²) in [4.78, 5) is 15.4. The van der Waals surface area contributed by atoms with Gasteiger partial charge in [0.15, 0.2) is 11.5 Å². The number of ether oxygens (including phenoxy) is 2. The molecular formula is C17H22N2O4. The first kappa shape index (κ1) is 15.6. The van der Waals surface area contributed by atoms with Crippen LogP contribution in [0, 0.1) is 0 Å². The number of fused-ring (bicyclic) bond motifs is 1. The number of aliphatic carboxylic acids is 1. The highest BCUT2D eigenvalue weighted by molar-refractivity contribution is 5.81. The molecule has 0 atom stereocenters. The molecule has 6 heteroatoms. The van der Waals surface area contributed by atoms with Crippen LogP contribution in [0.15, 0.2) is 12.1 Å². The Hall–Kier alpha value is -2.24. The lowest BCUT2D eigenvalue weighted by Gasteiger charge is -2.10. The molecule has 1 aliphatic carbocycles. The Kier molecular flexibility index (Phi) is 4.41. The molecule has 1 heterocycles. The first-order valence-electron chi connectivity index (χ1n) is 7.98. The Morgan fingerprint density at radius 3 is 2.57 bits per heavy atom. The number of nitrogens with zero attached hydrogens (tertiary/aromatic N) is 2. The summed E-state index contributed by atoms with van der Waals surface area (Å²) in [5.41, 5.74) is 1.93. The second kappa shape index (κ2) is 6.48. The van der Waals surface area contributed by atoms with Gasteiger partial charge in [-0.05, 0) is 25.7 Å². The van der Waals surface area contributed by atoms with E-state index in [-0.39, 0.29) is 6.42 Å². The number of hydrogen-bond donors (Lipinski definition) is 1. The summed E-state index contributed by atoms with van der Waals surface area (Å²) in [6, 6.07) is 3.87. The molecular weight excluding hydrogens is 296 g/mol. The zero-order valence-electron chi connectivity index (χ0n) is 13.5. The predicted octanol–water partition coefficient (Wildman–Crippen LogP) is 3.19. The smallest absolute Gasteiger partial charge is 0.303 e. The van der Waals surface area contributed by atoms with Crippen molar-refractivity contribution in [3.63, 3.8) is 0 Å². The normalized spacial score (nSPS) is 14.2. The Morgan fingerprint density at radius 1 is 1.26 bits per heavy atom. The van der Waals surface area contributed by atoms with E-state index in [9.17, 15) is 4.79 Å². The first-order chi connectivity index (χ1) is 11.1. The molecule has 1 N–H and O–H groups in total. The third kappa shape index (κ3) is 3.25. The van der Waals surface area contributed by atoms with Gasteiger partial charge in [0, 0.05) is 31.0 Å². The van der Waals surface area contributed by atoms with Crippen molar-refractivity contribution >= 4 is 17.0 Å². The lowest BCUT2D eigenvalue weighted by molar-refractivity contribution is -0.137. The zero-order valence-corrected chi connectivity index (χ0v) is 13.5. The van der Waals surface area contributed by atoms with Crippen LogP contribution in [-0.4, -0.2) is 34.8 Å². The van der Waals surface area contributed by atoms with E-state index in [1.807, 2.05) is 12.1 Å². The molecule has 1 aromatic heterocycles. The third-order valence-corrected chi connectivity index (χ3v) is 4.25. The van der Waals surface area contributed by atoms with Gasteiger partial charge in [-0.1, -0.05) is 0 Å². The second-order valence-corrected chi connectivity index (χ2v) is 5.94. The SMILES string of the molecule is COc1cc2nc(C3CC3)n(CCCCC(=O)O)c2cc1OC. The van der Waals surface area contributed by atoms with Gasteiger partial charge in [0.25, 0.3) is 0 Å². The van der Waals surface area contributed by atoms with Crippen molar-refractivity contribution in [1.82, 2.24) is 9.55 Å². The van der Waals surface area contributed by atoms with Gasteiger partial charge < -0.3 is 19.1 Å². The van der Waals surface area contributed by atoms with E-state index in [2.05, 4.69) is 4.57 Å². The van der Waals surface area contributed by atoms with E-state index in [1.54, 1.807) is 14.2 Å². The summed E-state index contributed by atoms with van der Waals surface area (Å²) < 4.78 is 13.0. The molecule has 1 saturated carbocycles. The van der Waals surface area contributed by atoms with Crippen molar-refractivity contribution in [2.24, 2.45) is 0 Å². The summed E-state index contributed by atoms with van der Waals surface area (Å²) >= 11 is 0. The van der Waals surface area contributed by atoms with E-state index < -0.39 is 5.97 Å². The molecule has 124 valence electrons. The van der Waals surface area contributed by atoms with Crippen molar-refractivity contribution in [3.8, 4) is 11.5 Å². The van der Waals surface area contributed by atoms with Gasteiger partial charge in [-0.15, -0.1) is 0 Å². The standard InChI is InChI=1S/C17H22N2O4/c1-22-14-9-12-13(10-15(14)23-2)19(8-4-3-5-16(20)21)17(18-12)11-6-7-11/h9-11H,3-8H2,1-2H3,(H,20,21). The number of aryl methyl sites for hydroxylation is 1. The minimum atomic E-state index is -0.741. The van der Waals surface area contributed by atoms with Gasteiger partial charge in [0.05, 0.1) is 25.3 Å². The van der Waals surface area contributed by atoms with Crippen molar-refractivity contribution in [3.05, 3.63) is 18.0 Å². The highest BCUT2D eigenvalue weighted by Crippen LogP contribution is 2.42. The molecule has 6 nitrogen and oxygen atoms in total. The topological polar surface area (TPSA) is 73.6 Å². The van der Waals surface area contributed by atoms with Crippen LogP contribution in [0.5, 0.6) is 11.5 Å². The van der Waals surface area contributed by atoms with Crippen LogP contribution in [0.4, 0.5) is 0 Å². The minimum Gasteiger partial charge on any atom is -0.493 e. The Labute approximate surface area is 135 Å². The average molecular weight is 318 g/mol. The number of hydrogen-bond acceptors (Lipinski definition) is 4. The van der Waals surface area contributed by atoms with Crippen molar-refractivity contribution in [2.75, 3.05) is 14.2 Å². The summed E-state index contributed by atoms with van der Waals surface area (Å²) in [5, 5.41) is 8.77. The van der Waals surface area contributed by atoms with Gasteiger partial charge >= 0.3 is 5.97 Å². The summed E-state index contributed by atoms with van der Waals surface area (Å²) in [6.45, 7) is 0.783. The van der Waals surface area contributed by atoms with Crippen LogP contribution >= 0.6 is 0 Å². The molecule has 0 amide bonds. The van der Waals surface area contributed by atoms with E-state index in [4.69, 9.17) is 19.6 Å². The van der Waals surface area contributed by atoms with Crippen LogP contribution in [0.3, 0.4) is 0 Å². The summed E-state index contributed by atoms with van der Waals surface area (Å²) in [5.74, 6) is 2.26. The van der Waals surface area contributed by atoms with Crippen LogP contribution in [0.25, 0.3) is 11.0 Å². The van der Waals surface area contributed by atoms with Gasteiger partial charge in [-0.3, -0.25) is 4.79 Å². The maximum atomic E-state index is 10.7. The Morgan fingerprint density at radius 2 is 1.96 bits per heavy atom. The fourth-order valence-electron chi connectivity index (χ4n) is 2.90. The molecule has 0 aliphatic heterocycles. The van der Waals surface area contributed by atoms with E-state index in [0.29, 0.717) is 23.8 Å². The number of benzene rings is 1. The predicted molar refractivity (Wildman–Crippen MR) is 86.3 cm³/mol. The molecule has 1 aliphatic rings. The molecule has 0 bridgehead atoms. The van der Waals surface area contributed by atoms with Crippen molar-refractivity contribution < 1.29 is 19.4 Å². The highest BCUT2D eigenvalue weighted by atomic mass is 16.5. The van der Waals surface area contributed by atoms with Crippen molar-refractivity contribution in [2.45, 2.75) is 44.6 Å². The van der Waals surface area contributed by atoms with Crippen molar-refractivity contribution in [1.29, 1.82) is 0 Å². The van der Waals surface area contributed by atoms with E-state index in [0.717, 1.165) is 29.8 Å². The highest BCUT2D eigenvalue weighted by Gasteiger charge is 2.30. The summed E-state index contributed by atoms with van der Waals surface area (Å²) in [6.07, 6.45) is 4.06. The first-order valence-corrected chi connectivity index (χ1v) is 7.98. The molecule has 0 saturated heterocycles. The number of carbonyl (C=O) groups is 1. The lowest BCUT2D eigenvalue weighted by atomic mass is 10.2. The molecule has 23 heavy (non-hydrogen) atoms. The van der Waals surface area contributed by atoms with Crippen LogP contribution in [-0.2, 0) is 11.3 Å². The molecule has 0 radical (unpaired) electrons. The summed E-state index contributed by atoms with van der Waals surface area (Å²) in [7, 11) is 3.24. The number of aromatic nitrogens is 2. The molecule has 0 unspecified atom stereocenters. The van der Waals surface area contributed by atoms with Gasteiger partial charge in [-0.2, -0.15) is 0 Å². The average Bonchev–Trinajstić information content (AvgIpc) is 3.32. The quantitative estimate of drug-likeness (QED) is 0.757. The maximum absolute atomic E-state index is 10.7. The van der Waals surface area contributed by atoms with Gasteiger partial charge in [0.1, 0.15) is 5.82 Å². The fourth-order valence-corrected chi connectivity index (χ4v) is 2.90. The van der Waals surface area contributed by atoms with E-state index in [1.165, 1.54) is 12.8 Å². The molecule has 1 fully saturated rings. The molecule has 3 rings (SSSR count). The van der Waals surface area contributed by atoms with E-state index >= 15 is 0 Å². The minimum absolute atomic E-state index is 0.211. The zero-order chi connectivity index (χ0) is 16.4. The maximum Gasteiger partial charge on any atom is 0.303 e. The number of imidazole rings is 1. The van der Waals surface area contributed by atoms with Crippen LogP contribution in [0.2, 0.25) is 0 Å². The van der Waals surface area contributed by atoms with Crippen LogP contribution in [0.1, 0.15) is 43.8 Å². The molecule has 2 aromatic rings. The largest absolute Gasteiger partial charge is 0.493 e. The monoisotopic (exact) mass is 318 g/mol. The Bertz CT molecular complexity index is 719. The number of unbranched alkanes of at least 4 members (excludes halogenated alkanes) is 1. The Balaban J connectivity index is 1.92. The van der Waals surface area contributed by atoms with Gasteiger partial charge in [0.2, 0.25) is 0 Å². The lowest BCUT2D eigenvalue weighted by Crippen LogP contribution is -2.04. The molecule has 1 aromatic carbocycles. The molecule has 0 spiro atoms. The third-order valence-electron chi connectivity index (χ3n) is 4.25. The number of carboxylic acid groups (broad SMARTS) is 1. The number of carboxylic acids is 1.